The van der Waals surface area contributed by atoms with Crippen LogP contribution in [-0.4, -0.2) is 35.8 Å². The first kappa shape index (κ1) is 19.1. The molecule has 2 aliphatic heterocycles. The molecule has 7 heteroatoms. The van der Waals surface area contributed by atoms with Crippen LogP contribution in [0.2, 0.25) is 0 Å². The number of benzene rings is 2. The van der Waals surface area contributed by atoms with Gasteiger partial charge in [-0.25, -0.2) is 4.79 Å². The Hall–Kier alpha value is -2.25. The molecule has 1 amide bonds. The Kier molecular flexibility index (Phi) is 5.73. The average molecular weight is 414 g/mol. The van der Waals surface area contributed by atoms with Gasteiger partial charge in [0.15, 0.2) is 12.4 Å². The number of carbonyl (C=O) groups excluding carboxylic acids is 3. The molecule has 0 saturated carbocycles. The predicted octanol–water partition coefficient (Wildman–Crippen LogP) is 4.09. The largest absolute Gasteiger partial charge is 0.454 e. The summed E-state index contributed by atoms with van der Waals surface area (Å²) in [5.74, 6) is 1.52. The van der Waals surface area contributed by atoms with E-state index in [1.165, 1.54) is 5.56 Å². The minimum Gasteiger partial charge on any atom is -0.454 e. The van der Waals surface area contributed by atoms with Crippen LogP contribution in [0.15, 0.2) is 42.5 Å². The Morgan fingerprint density at radius 2 is 1.71 bits per heavy atom. The normalized spacial score (nSPS) is 16.4. The van der Waals surface area contributed by atoms with Crippen LogP contribution in [0.1, 0.15) is 42.8 Å². The Bertz CT molecular complexity index is 921. The first-order valence-corrected chi connectivity index (χ1v) is 11.2. The van der Waals surface area contributed by atoms with Crippen molar-refractivity contribution in [1.82, 2.24) is 0 Å². The van der Waals surface area contributed by atoms with Crippen molar-refractivity contribution in [2.75, 3.05) is 23.4 Å². The molecule has 0 unspecified atom stereocenters. The van der Waals surface area contributed by atoms with Crippen LogP contribution in [0.3, 0.4) is 0 Å². The molecular formula is C21H19NO4S2. The highest BCUT2D eigenvalue weighted by molar-refractivity contribution is 8.19. The Morgan fingerprint density at radius 3 is 2.46 bits per heavy atom. The predicted molar refractivity (Wildman–Crippen MR) is 112 cm³/mol. The number of rotatable bonds is 5. The van der Waals surface area contributed by atoms with Crippen LogP contribution >= 0.6 is 23.5 Å². The van der Waals surface area contributed by atoms with Gasteiger partial charge in [-0.3, -0.25) is 9.59 Å². The highest BCUT2D eigenvalue weighted by Gasteiger charge is 2.20. The highest BCUT2D eigenvalue weighted by Crippen LogP contribution is 2.45. The Morgan fingerprint density at radius 1 is 1.00 bits per heavy atom. The average Bonchev–Trinajstić information content (AvgIpc) is 3.26. The minimum absolute atomic E-state index is 0.0170. The van der Waals surface area contributed by atoms with E-state index in [1.807, 2.05) is 35.7 Å². The van der Waals surface area contributed by atoms with Crippen molar-refractivity contribution < 1.29 is 19.1 Å². The summed E-state index contributed by atoms with van der Waals surface area (Å²) in [4.78, 5) is 36.1. The smallest absolute Gasteiger partial charge is 0.338 e. The number of anilines is 1. The van der Waals surface area contributed by atoms with Crippen molar-refractivity contribution >= 4 is 46.9 Å². The standard InChI is InChI=1S/C21H19NO4S2/c23-18(16-5-7-17-15(11-16)6-8-19(24)22-17)12-26-20(25)13-1-3-14(4-2-13)21-27-9-10-28-21/h1-5,7,11,21H,6,8-10,12H2,(H,22,24). The number of aryl methyl sites for hydroxylation is 1. The van der Waals surface area contributed by atoms with Crippen molar-refractivity contribution in [1.29, 1.82) is 0 Å². The summed E-state index contributed by atoms with van der Waals surface area (Å²) in [5, 5.41) is 2.78. The molecule has 5 nitrogen and oxygen atoms in total. The molecule has 0 radical (unpaired) electrons. The molecule has 2 heterocycles. The first-order valence-electron chi connectivity index (χ1n) is 9.06. The fraction of sp³-hybridized carbons (Fsp3) is 0.286. The van der Waals surface area contributed by atoms with Crippen molar-refractivity contribution in [3.05, 3.63) is 64.7 Å². The first-order chi connectivity index (χ1) is 13.6. The number of nitrogens with one attached hydrogen (secondary N) is 1. The summed E-state index contributed by atoms with van der Waals surface area (Å²) in [7, 11) is 0. The monoisotopic (exact) mass is 413 g/mol. The third-order valence-electron chi connectivity index (χ3n) is 4.70. The van der Waals surface area contributed by atoms with E-state index in [-0.39, 0.29) is 18.3 Å². The van der Waals surface area contributed by atoms with E-state index in [1.54, 1.807) is 30.3 Å². The van der Waals surface area contributed by atoms with Gasteiger partial charge in [0, 0.05) is 29.2 Å². The van der Waals surface area contributed by atoms with Gasteiger partial charge in [0.05, 0.1) is 10.1 Å². The molecule has 1 saturated heterocycles. The molecule has 28 heavy (non-hydrogen) atoms. The second kappa shape index (κ2) is 8.41. The number of fused-ring (bicyclic) bond motifs is 1. The summed E-state index contributed by atoms with van der Waals surface area (Å²) in [6.45, 7) is -0.305. The molecule has 1 N–H and O–H groups in total. The molecule has 0 aromatic heterocycles. The number of ketones is 1. The van der Waals surface area contributed by atoms with E-state index in [9.17, 15) is 14.4 Å². The van der Waals surface area contributed by atoms with Gasteiger partial charge in [-0.05, 0) is 47.9 Å². The molecule has 2 aromatic carbocycles. The zero-order chi connectivity index (χ0) is 19.5. The number of thioether (sulfide) groups is 2. The third-order valence-corrected chi connectivity index (χ3v) is 7.80. The third kappa shape index (κ3) is 4.25. The lowest BCUT2D eigenvalue weighted by molar-refractivity contribution is -0.116. The van der Waals surface area contributed by atoms with Crippen molar-refractivity contribution in [3.63, 3.8) is 0 Å². The summed E-state index contributed by atoms with van der Waals surface area (Å²) in [5.41, 5.74) is 3.78. The number of ether oxygens (including phenoxy) is 1. The molecule has 2 aliphatic rings. The fourth-order valence-corrected chi connectivity index (χ4v) is 6.04. The number of amides is 1. The van der Waals surface area contributed by atoms with Crippen LogP contribution in [0.4, 0.5) is 5.69 Å². The molecule has 0 bridgehead atoms. The van der Waals surface area contributed by atoms with Gasteiger partial charge in [0.1, 0.15) is 0 Å². The number of Topliss-reactive ketones (excluding diaryl/α,β-unsaturated/α-hetero) is 1. The van der Waals surface area contributed by atoms with Gasteiger partial charge in [-0.2, -0.15) is 0 Å². The molecule has 0 spiro atoms. The summed E-state index contributed by atoms with van der Waals surface area (Å²) >= 11 is 3.82. The van der Waals surface area contributed by atoms with Crippen molar-refractivity contribution in [3.8, 4) is 0 Å². The summed E-state index contributed by atoms with van der Waals surface area (Å²) in [6.07, 6.45) is 1.01. The van der Waals surface area contributed by atoms with Gasteiger partial charge in [0.25, 0.3) is 0 Å². The number of carbonyl (C=O) groups is 3. The zero-order valence-electron chi connectivity index (χ0n) is 15.1. The number of esters is 1. The van der Waals surface area contributed by atoms with Gasteiger partial charge in [-0.15, -0.1) is 23.5 Å². The van der Waals surface area contributed by atoms with Gasteiger partial charge < -0.3 is 10.1 Å². The Labute approximate surface area is 171 Å². The second-order valence-electron chi connectivity index (χ2n) is 6.61. The van der Waals surface area contributed by atoms with E-state index in [4.69, 9.17) is 4.74 Å². The topological polar surface area (TPSA) is 72.5 Å². The lowest BCUT2D eigenvalue weighted by Gasteiger charge is -2.17. The van der Waals surface area contributed by atoms with Gasteiger partial charge in [0.2, 0.25) is 5.91 Å². The maximum absolute atomic E-state index is 12.4. The molecule has 144 valence electrons. The Balaban J connectivity index is 1.35. The second-order valence-corrected chi connectivity index (χ2v) is 9.34. The van der Waals surface area contributed by atoms with Crippen LogP contribution in [-0.2, 0) is 16.0 Å². The molecule has 1 fully saturated rings. The van der Waals surface area contributed by atoms with E-state index in [0.717, 1.165) is 22.8 Å². The molecule has 0 atom stereocenters. The maximum Gasteiger partial charge on any atom is 0.338 e. The van der Waals surface area contributed by atoms with Crippen LogP contribution in [0.5, 0.6) is 0 Å². The lowest BCUT2D eigenvalue weighted by atomic mass is 9.99. The zero-order valence-corrected chi connectivity index (χ0v) is 16.7. The number of hydrogen-bond donors (Lipinski definition) is 1. The lowest BCUT2D eigenvalue weighted by Crippen LogP contribution is -2.20. The number of hydrogen-bond acceptors (Lipinski definition) is 6. The quantitative estimate of drug-likeness (QED) is 0.588. The molecule has 2 aromatic rings. The van der Waals surface area contributed by atoms with Crippen LogP contribution in [0.25, 0.3) is 0 Å². The maximum atomic E-state index is 12.4. The van der Waals surface area contributed by atoms with E-state index < -0.39 is 5.97 Å². The van der Waals surface area contributed by atoms with E-state index in [0.29, 0.717) is 28.6 Å². The van der Waals surface area contributed by atoms with E-state index in [2.05, 4.69) is 5.32 Å². The van der Waals surface area contributed by atoms with E-state index >= 15 is 0 Å². The SMILES string of the molecule is O=C1CCc2cc(C(=O)COC(=O)c3ccc(C4SCCS4)cc3)ccc2N1. The molecule has 0 aliphatic carbocycles. The highest BCUT2D eigenvalue weighted by atomic mass is 32.2. The van der Waals surface area contributed by atoms with Crippen LogP contribution < -0.4 is 5.32 Å². The molecule has 4 rings (SSSR count). The van der Waals surface area contributed by atoms with Crippen molar-refractivity contribution in [2.45, 2.75) is 17.4 Å². The molecular weight excluding hydrogens is 394 g/mol. The van der Waals surface area contributed by atoms with Crippen molar-refractivity contribution in [2.24, 2.45) is 0 Å². The fourth-order valence-electron chi connectivity index (χ4n) is 3.18. The summed E-state index contributed by atoms with van der Waals surface area (Å²) in [6, 6.07) is 12.5. The van der Waals surface area contributed by atoms with Gasteiger partial charge in [-0.1, -0.05) is 12.1 Å². The summed E-state index contributed by atoms with van der Waals surface area (Å²) < 4.78 is 5.63. The minimum atomic E-state index is -0.503. The van der Waals surface area contributed by atoms with Gasteiger partial charge >= 0.3 is 5.97 Å². The van der Waals surface area contributed by atoms with Crippen LogP contribution in [0, 0.1) is 0 Å².